The molecular weight excluding hydrogens is 643 g/mol. The van der Waals surface area contributed by atoms with Gasteiger partial charge in [0.05, 0.1) is 5.41 Å². The topological polar surface area (TPSA) is 38.7 Å². The highest BCUT2D eigenvalue weighted by Gasteiger charge is 2.52. The third-order valence-corrected chi connectivity index (χ3v) is 11.1. The van der Waals surface area contributed by atoms with Gasteiger partial charge in [-0.25, -0.2) is 15.0 Å². The predicted molar refractivity (Wildman–Crippen MR) is 215 cm³/mol. The first-order valence-electron chi connectivity index (χ1n) is 18.1. The Labute approximate surface area is 308 Å². The van der Waals surface area contributed by atoms with E-state index in [2.05, 4.69) is 152 Å². The lowest BCUT2D eigenvalue weighted by Gasteiger charge is -2.31. The van der Waals surface area contributed by atoms with Crippen LogP contribution in [-0.4, -0.2) is 15.0 Å². The zero-order valence-electron chi connectivity index (χ0n) is 28.7. The van der Waals surface area contributed by atoms with Crippen molar-refractivity contribution in [3.63, 3.8) is 0 Å². The Balaban J connectivity index is 1.19. The number of aromatic nitrogens is 3. The summed E-state index contributed by atoms with van der Waals surface area (Å²) >= 11 is 0. The molecule has 2 aliphatic carbocycles. The van der Waals surface area contributed by atoms with Gasteiger partial charge in [0, 0.05) is 16.7 Å². The number of benzene rings is 8. The largest absolute Gasteiger partial charge is 0.208 e. The highest BCUT2D eigenvalue weighted by atomic mass is 15.0. The van der Waals surface area contributed by atoms with Gasteiger partial charge >= 0.3 is 0 Å². The molecule has 1 spiro atoms. The van der Waals surface area contributed by atoms with Gasteiger partial charge in [0.2, 0.25) is 0 Å². The average Bonchev–Trinajstić information content (AvgIpc) is 3.72. The minimum atomic E-state index is -0.449. The van der Waals surface area contributed by atoms with Crippen molar-refractivity contribution < 1.29 is 0 Å². The van der Waals surface area contributed by atoms with Crippen molar-refractivity contribution in [3.05, 3.63) is 210 Å². The Bertz CT molecular complexity index is 2790. The molecule has 0 N–H and O–H groups in total. The minimum Gasteiger partial charge on any atom is -0.208 e. The molecular formula is C50H31N3. The number of rotatable bonds is 4. The fourth-order valence-corrected chi connectivity index (χ4v) is 8.97. The van der Waals surface area contributed by atoms with Crippen molar-refractivity contribution in [2.24, 2.45) is 0 Å². The first-order chi connectivity index (χ1) is 26.3. The molecule has 1 aromatic heterocycles. The van der Waals surface area contributed by atoms with Crippen molar-refractivity contribution in [1.29, 1.82) is 0 Å². The van der Waals surface area contributed by atoms with Gasteiger partial charge in [-0.1, -0.05) is 176 Å². The summed E-state index contributed by atoms with van der Waals surface area (Å²) in [5.41, 5.74) is 15.3. The molecule has 0 saturated heterocycles. The smallest absolute Gasteiger partial charge is 0.164 e. The number of hydrogen-bond donors (Lipinski definition) is 0. The molecule has 246 valence electrons. The molecule has 0 bridgehead atoms. The van der Waals surface area contributed by atoms with Gasteiger partial charge in [0.1, 0.15) is 0 Å². The zero-order valence-corrected chi connectivity index (χ0v) is 28.7. The molecule has 0 radical (unpaired) electrons. The van der Waals surface area contributed by atoms with E-state index in [-0.39, 0.29) is 0 Å². The lowest BCUT2D eigenvalue weighted by molar-refractivity contribution is 0.801. The van der Waals surface area contributed by atoms with E-state index in [1.807, 2.05) is 36.4 Å². The van der Waals surface area contributed by atoms with Crippen LogP contribution in [0.2, 0.25) is 0 Å². The van der Waals surface area contributed by atoms with Crippen molar-refractivity contribution in [2.75, 3.05) is 0 Å². The Morgan fingerprint density at radius 3 is 1.40 bits per heavy atom. The molecule has 0 atom stereocenters. The van der Waals surface area contributed by atoms with Crippen molar-refractivity contribution in [3.8, 4) is 67.5 Å². The normalized spacial score (nSPS) is 13.1. The predicted octanol–water partition coefficient (Wildman–Crippen LogP) is 12.0. The monoisotopic (exact) mass is 673 g/mol. The van der Waals surface area contributed by atoms with Crippen molar-refractivity contribution in [1.82, 2.24) is 15.0 Å². The SMILES string of the molecule is c1ccc(-c2nc(-c3ccccc3)nc(-c3cccc(-c4cc5ccccc5c5c4-c4ccccc4C54c5ccccc5-c5ccccc54)c3)n2)cc1. The van der Waals surface area contributed by atoms with Crippen LogP contribution in [0.5, 0.6) is 0 Å². The molecule has 3 nitrogen and oxygen atoms in total. The van der Waals surface area contributed by atoms with E-state index in [1.165, 1.54) is 60.8 Å². The lowest BCUT2D eigenvalue weighted by atomic mass is 9.69. The van der Waals surface area contributed by atoms with Crippen LogP contribution < -0.4 is 0 Å². The number of fused-ring (bicyclic) bond motifs is 12. The van der Waals surface area contributed by atoms with Gasteiger partial charge in [-0.15, -0.1) is 0 Å². The summed E-state index contributed by atoms with van der Waals surface area (Å²) in [6, 6.07) is 67.4. The molecule has 0 aliphatic heterocycles. The van der Waals surface area contributed by atoms with E-state index in [0.717, 1.165) is 22.3 Å². The standard InChI is InChI=1S/C50H31N3/c1-3-16-32(17-4-1)47-51-48(33-18-5-2-6-19-33)53-49(52-47)36-22-15-21-34(30-36)41-31-35-20-7-8-23-37(35)46-45(41)40-26-11-14-29-44(40)50(46)42-27-12-9-24-38(42)39-25-10-13-28-43(39)50/h1-31H. The molecule has 0 amide bonds. The van der Waals surface area contributed by atoms with Gasteiger partial charge in [0.25, 0.3) is 0 Å². The summed E-state index contributed by atoms with van der Waals surface area (Å²) in [6.07, 6.45) is 0. The van der Waals surface area contributed by atoms with Gasteiger partial charge in [-0.2, -0.15) is 0 Å². The summed E-state index contributed by atoms with van der Waals surface area (Å²) in [5, 5.41) is 2.50. The first-order valence-corrected chi connectivity index (χ1v) is 18.1. The van der Waals surface area contributed by atoms with Crippen LogP contribution in [0.25, 0.3) is 78.3 Å². The van der Waals surface area contributed by atoms with Gasteiger partial charge in [0.15, 0.2) is 17.5 Å². The molecule has 0 saturated carbocycles. The fourth-order valence-electron chi connectivity index (χ4n) is 8.97. The second-order valence-corrected chi connectivity index (χ2v) is 13.9. The summed E-state index contributed by atoms with van der Waals surface area (Å²) in [7, 11) is 0. The molecule has 11 rings (SSSR count). The Hall–Kier alpha value is -6.97. The quantitative estimate of drug-likeness (QED) is 0.187. The van der Waals surface area contributed by atoms with Crippen LogP contribution in [0.4, 0.5) is 0 Å². The van der Waals surface area contributed by atoms with E-state index in [0.29, 0.717) is 17.5 Å². The third-order valence-electron chi connectivity index (χ3n) is 11.1. The highest BCUT2D eigenvalue weighted by molar-refractivity contribution is 6.09. The van der Waals surface area contributed by atoms with Crippen LogP contribution in [0.15, 0.2) is 188 Å². The molecule has 0 unspecified atom stereocenters. The summed E-state index contributed by atoms with van der Waals surface area (Å²) in [4.78, 5) is 15.1. The Morgan fingerprint density at radius 2 is 0.774 bits per heavy atom. The molecule has 8 aromatic carbocycles. The minimum absolute atomic E-state index is 0.449. The summed E-state index contributed by atoms with van der Waals surface area (Å²) in [5.74, 6) is 1.95. The fraction of sp³-hybridized carbons (Fsp3) is 0.0200. The maximum absolute atomic E-state index is 5.08. The Morgan fingerprint density at radius 1 is 0.321 bits per heavy atom. The van der Waals surface area contributed by atoms with Crippen LogP contribution in [0.3, 0.4) is 0 Å². The molecule has 1 heterocycles. The van der Waals surface area contributed by atoms with Gasteiger partial charge < -0.3 is 0 Å². The van der Waals surface area contributed by atoms with Crippen LogP contribution in [0.1, 0.15) is 22.3 Å². The first kappa shape index (κ1) is 29.7. The zero-order chi connectivity index (χ0) is 34.9. The second kappa shape index (κ2) is 11.5. The number of hydrogen-bond acceptors (Lipinski definition) is 3. The van der Waals surface area contributed by atoms with Crippen molar-refractivity contribution in [2.45, 2.75) is 5.41 Å². The molecule has 0 fully saturated rings. The maximum atomic E-state index is 5.08. The van der Waals surface area contributed by atoms with Gasteiger partial charge in [-0.3, -0.25) is 0 Å². The maximum Gasteiger partial charge on any atom is 0.164 e. The molecule has 53 heavy (non-hydrogen) atoms. The Kier molecular flexibility index (Phi) is 6.47. The van der Waals surface area contributed by atoms with E-state index in [9.17, 15) is 0 Å². The number of nitrogens with zero attached hydrogens (tertiary/aromatic N) is 3. The van der Waals surface area contributed by atoms with Crippen LogP contribution in [0, 0.1) is 0 Å². The van der Waals surface area contributed by atoms with Crippen molar-refractivity contribution >= 4 is 10.8 Å². The van der Waals surface area contributed by atoms with E-state index >= 15 is 0 Å². The molecule has 3 heteroatoms. The second-order valence-electron chi connectivity index (χ2n) is 13.9. The lowest BCUT2D eigenvalue weighted by Crippen LogP contribution is -2.26. The van der Waals surface area contributed by atoms with E-state index < -0.39 is 5.41 Å². The highest BCUT2D eigenvalue weighted by Crippen LogP contribution is 2.65. The third kappa shape index (κ3) is 4.31. The molecule has 2 aliphatic rings. The van der Waals surface area contributed by atoms with Gasteiger partial charge in [-0.05, 0) is 78.5 Å². The van der Waals surface area contributed by atoms with E-state index in [4.69, 9.17) is 15.0 Å². The van der Waals surface area contributed by atoms with Crippen LogP contribution >= 0.6 is 0 Å². The summed E-state index contributed by atoms with van der Waals surface area (Å²) in [6.45, 7) is 0. The average molecular weight is 674 g/mol. The van der Waals surface area contributed by atoms with Crippen LogP contribution in [-0.2, 0) is 5.41 Å². The summed E-state index contributed by atoms with van der Waals surface area (Å²) < 4.78 is 0. The molecule has 9 aromatic rings. The van der Waals surface area contributed by atoms with E-state index in [1.54, 1.807) is 0 Å².